The van der Waals surface area contributed by atoms with Crippen LogP contribution in [0.4, 0.5) is 0 Å². The molecule has 152 valence electrons. The topological polar surface area (TPSA) is 121 Å². The van der Waals surface area contributed by atoms with Gasteiger partial charge in [0.05, 0.1) is 11.7 Å². The first-order chi connectivity index (χ1) is 13.8. The quantitative estimate of drug-likeness (QED) is 0.510. The number of ketones is 1. The Labute approximate surface area is 172 Å². The summed E-state index contributed by atoms with van der Waals surface area (Å²) in [7, 11) is 0. The smallest absolute Gasteiger partial charge is 0.327 e. The number of thioether (sulfide) groups is 1. The Hall–Kier alpha value is -3.13. The molecular formula is C21H21NO6S. The van der Waals surface area contributed by atoms with Crippen LogP contribution in [0, 0.1) is 0 Å². The highest BCUT2D eigenvalue weighted by atomic mass is 32.2. The van der Waals surface area contributed by atoms with Crippen LogP contribution in [-0.4, -0.2) is 51.4 Å². The summed E-state index contributed by atoms with van der Waals surface area (Å²) in [6.45, 7) is 1.62. The molecule has 0 aliphatic carbocycles. The van der Waals surface area contributed by atoms with Crippen molar-refractivity contribution in [3.8, 4) is 0 Å². The number of amides is 1. The fraction of sp³-hybridized carbons (Fsp3) is 0.238. The van der Waals surface area contributed by atoms with Crippen molar-refractivity contribution in [1.29, 1.82) is 0 Å². The van der Waals surface area contributed by atoms with Gasteiger partial charge < -0.3 is 15.5 Å². The summed E-state index contributed by atoms with van der Waals surface area (Å²) in [6.07, 6.45) is 0. The molecule has 3 N–H and O–H groups in total. The molecule has 0 spiro atoms. The number of rotatable bonds is 10. The van der Waals surface area contributed by atoms with Crippen LogP contribution in [0.3, 0.4) is 0 Å². The second kappa shape index (κ2) is 10.4. The van der Waals surface area contributed by atoms with Gasteiger partial charge in [0.1, 0.15) is 6.04 Å². The van der Waals surface area contributed by atoms with Crippen LogP contribution >= 0.6 is 11.8 Å². The van der Waals surface area contributed by atoms with Gasteiger partial charge in [-0.25, -0.2) is 4.79 Å². The maximum Gasteiger partial charge on any atom is 0.327 e. The third-order valence-corrected chi connectivity index (χ3v) is 5.22. The number of hydrogen-bond donors (Lipinski definition) is 3. The van der Waals surface area contributed by atoms with E-state index in [1.807, 2.05) is 6.07 Å². The van der Waals surface area contributed by atoms with Crippen molar-refractivity contribution in [2.24, 2.45) is 0 Å². The maximum absolute atomic E-state index is 12.6. The normalized spacial score (nSPS) is 12.6. The standard InChI is InChI=1S/C21H21NO6S/c1-13(20(26)22-17(21(27)28)11-29-12-18(23)24)15-8-5-9-16(10-15)19(25)14-6-3-2-4-7-14/h2-10,13,17H,11-12H2,1H3,(H,22,26)(H,23,24)(H,27,28)/t13-,17+/m1/s1. The largest absolute Gasteiger partial charge is 0.481 e. The molecule has 0 aromatic heterocycles. The molecular weight excluding hydrogens is 394 g/mol. The van der Waals surface area contributed by atoms with Crippen LogP contribution in [0.2, 0.25) is 0 Å². The van der Waals surface area contributed by atoms with Gasteiger partial charge in [-0.15, -0.1) is 11.8 Å². The van der Waals surface area contributed by atoms with Gasteiger partial charge in [-0.1, -0.05) is 48.5 Å². The first-order valence-electron chi connectivity index (χ1n) is 8.82. The van der Waals surface area contributed by atoms with Gasteiger partial charge in [0.15, 0.2) is 5.78 Å². The number of carbonyl (C=O) groups excluding carboxylic acids is 2. The molecule has 0 bridgehead atoms. The number of benzene rings is 2. The van der Waals surface area contributed by atoms with E-state index >= 15 is 0 Å². The third-order valence-electron chi connectivity index (χ3n) is 4.20. The highest BCUT2D eigenvalue weighted by molar-refractivity contribution is 8.00. The number of hydrogen-bond acceptors (Lipinski definition) is 5. The van der Waals surface area contributed by atoms with E-state index in [1.54, 1.807) is 55.5 Å². The van der Waals surface area contributed by atoms with E-state index in [0.717, 1.165) is 11.8 Å². The molecule has 1 amide bonds. The van der Waals surface area contributed by atoms with Crippen LogP contribution < -0.4 is 5.32 Å². The van der Waals surface area contributed by atoms with Crippen molar-refractivity contribution in [3.63, 3.8) is 0 Å². The van der Waals surface area contributed by atoms with Crippen LogP contribution in [0.1, 0.15) is 34.3 Å². The van der Waals surface area contributed by atoms with Crippen LogP contribution in [0.25, 0.3) is 0 Å². The second-order valence-corrected chi connectivity index (χ2v) is 7.38. The van der Waals surface area contributed by atoms with Crippen LogP contribution in [0.5, 0.6) is 0 Å². The van der Waals surface area contributed by atoms with Gasteiger partial charge in [0.25, 0.3) is 0 Å². The zero-order valence-electron chi connectivity index (χ0n) is 15.7. The van der Waals surface area contributed by atoms with E-state index in [2.05, 4.69) is 5.32 Å². The maximum atomic E-state index is 12.6. The van der Waals surface area contributed by atoms with Gasteiger partial charge in [-0.05, 0) is 18.6 Å². The molecule has 0 saturated heterocycles. The number of carboxylic acid groups (broad SMARTS) is 2. The Morgan fingerprint density at radius 2 is 1.62 bits per heavy atom. The fourth-order valence-corrected chi connectivity index (χ4v) is 3.35. The van der Waals surface area contributed by atoms with Crippen LogP contribution in [0.15, 0.2) is 54.6 Å². The summed E-state index contributed by atoms with van der Waals surface area (Å²) in [5.41, 5.74) is 1.54. The summed E-state index contributed by atoms with van der Waals surface area (Å²) in [5, 5.41) is 20.3. The minimum absolute atomic E-state index is 0.0629. The molecule has 0 unspecified atom stereocenters. The Balaban J connectivity index is 2.09. The zero-order valence-corrected chi connectivity index (χ0v) is 16.5. The average molecular weight is 415 g/mol. The second-order valence-electron chi connectivity index (χ2n) is 6.35. The molecule has 0 radical (unpaired) electrons. The summed E-state index contributed by atoms with van der Waals surface area (Å²) in [4.78, 5) is 47.0. The molecule has 0 heterocycles. The van der Waals surface area contributed by atoms with Crippen molar-refractivity contribution in [2.45, 2.75) is 18.9 Å². The lowest BCUT2D eigenvalue weighted by Gasteiger charge is -2.18. The number of aliphatic carboxylic acids is 2. The molecule has 2 aromatic carbocycles. The van der Waals surface area contributed by atoms with Crippen molar-refractivity contribution >= 4 is 35.4 Å². The van der Waals surface area contributed by atoms with Gasteiger partial charge in [0.2, 0.25) is 5.91 Å². The Morgan fingerprint density at radius 3 is 2.24 bits per heavy atom. The number of carbonyl (C=O) groups is 4. The highest BCUT2D eigenvalue weighted by Crippen LogP contribution is 2.19. The highest BCUT2D eigenvalue weighted by Gasteiger charge is 2.24. The predicted molar refractivity (Wildman–Crippen MR) is 109 cm³/mol. The fourth-order valence-electron chi connectivity index (χ4n) is 2.59. The van der Waals surface area contributed by atoms with Crippen molar-refractivity contribution < 1.29 is 29.4 Å². The summed E-state index contributed by atoms with van der Waals surface area (Å²) >= 11 is 0.912. The third kappa shape index (κ3) is 6.46. The van der Waals surface area contributed by atoms with Gasteiger partial charge in [-0.3, -0.25) is 14.4 Å². The molecule has 0 aliphatic rings. The first-order valence-corrected chi connectivity index (χ1v) is 9.97. The zero-order chi connectivity index (χ0) is 21.4. The molecule has 2 atom stereocenters. The molecule has 0 saturated carbocycles. The van der Waals surface area contributed by atoms with Gasteiger partial charge in [-0.2, -0.15) is 0 Å². The lowest BCUT2D eigenvalue weighted by Crippen LogP contribution is -2.44. The lowest BCUT2D eigenvalue weighted by molar-refractivity contribution is -0.141. The van der Waals surface area contributed by atoms with E-state index in [9.17, 15) is 24.3 Å². The minimum Gasteiger partial charge on any atom is -0.481 e. The van der Waals surface area contributed by atoms with Gasteiger partial charge >= 0.3 is 11.9 Å². The van der Waals surface area contributed by atoms with E-state index in [0.29, 0.717) is 16.7 Å². The van der Waals surface area contributed by atoms with Crippen molar-refractivity contribution in [2.75, 3.05) is 11.5 Å². The SMILES string of the molecule is C[C@@H](C(=O)N[C@@H](CSCC(=O)O)C(=O)O)c1cccc(C(=O)c2ccccc2)c1. The minimum atomic E-state index is -1.24. The molecule has 29 heavy (non-hydrogen) atoms. The van der Waals surface area contributed by atoms with E-state index in [1.165, 1.54) is 0 Å². The lowest BCUT2D eigenvalue weighted by atomic mass is 9.95. The van der Waals surface area contributed by atoms with E-state index in [4.69, 9.17) is 5.11 Å². The summed E-state index contributed by atoms with van der Waals surface area (Å²) in [6, 6.07) is 14.2. The van der Waals surface area contributed by atoms with E-state index < -0.39 is 29.8 Å². The summed E-state index contributed by atoms with van der Waals surface area (Å²) < 4.78 is 0. The molecule has 8 heteroatoms. The Kier molecular flexibility index (Phi) is 7.97. The Morgan fingerprint density at radius 1 is 0.966 bits per heavy atom. The monoisotopic (exact) mass is 415 g/mol. The molecule has 0 fully saturated rings. The number of carboxylic acids is 2. The van der Waals surface area contributed by atoms with E-state index in [-0.39, 0.29) is 17.3 Å². The summed E-state index contributed by atoms with van der Waals surface area (Å²) in [5.74, 6) is -3.99. The van der Waals surface area contributed by atoms with Crippen molar-refractivity contribution in [1.82, 2.24) is 5.32 Å². The first kappa shape index (κ1) is 22.2. The molecule has 7 nitrogen and oxygen atoms in total. The van der Waals surface area contributed by atoms with Crippen molar-refractivity contribution in [3.05, 3.63) is 71.3 Å². The van der Waals surface area contributed by atoms with Crippen LogP contribution in [-0.2, 0) is 14.4 Å². The number of nitrogens with one attached hydrogen (secondary N) is 1. The average Bonchev–Trinajstić information content (AvgIpc) is 2.72. The molecule has 2 rings (SSSR count). The Bertz CT molecular complexity index is 899. The predicted octanol–water partition coefficient (Wildman–Crippen LogP) is 2.41. The van der Waals surface area contributed by atoms with Gasteiger partial charge in [0, 0.05) is 16.9 Å². The molecule has 0 aliphatic heterocycles. The molecule has 2 aromatic rings.